The van der Waals surface area contributed by atoms with Gasteiger partial charge in [0.15, 0.2) is 27.8 Å². The highest BCUT2D eigenvalue weighted by molar-refractivity contribution is 7.07. The Morgan fingerprint density at radius 3 is 2.40 bits per heavy atom. The van der Waals surface area contributed by atoms with Gasteiger partial charge in [0.05, 0.1) is 48.6 Å². The molecule has 4 aromatic rings. The van der Waals surface area contributed by atoms with E-state index in [2.05, 4.69) is 4.99 Å². The van der Waals surface area contributed by atoms with Crippen molar-refractivity contribution in [2.45, 2.75) is 33.4 Å². The molecule has 234 valence electrons. The SMILES string of the molecule is CCOc1ccc([C@H]2C(C(=O)OC)=CN=c3s/c(=C\c4cc(Cl)c(OCc5ccc(C)cc5)c(OC)c4)c(=O)n32)cc1OCC. The second-order valence-corrected chi connectivity index (χ2v) is 11.5. The molecule has 0 saturated heterocycles. The molecule has 1 aliphatic heterocycles. The zero-order valence-corrected chi connectivity index (χ0v) is 27.2. The van der Waals surface area contributed by atoms with Gasteiger partial charge in [0, 0.05) is 6.20 Å². The molecule has 0 unspecified atom stereocenters. The molecule has 1 atom stereocenters. The number of hydrogen-bond donors (Lipinski definition) is 0. The number of benzene rings is 3. The molecule has 0 aliphatic carbocycles. The highest BCUT2D eigenvalue weighted by Crippen LogP contribution is 2.38. The van der Waals surface area contributed by atoms with Crippen molar-refractivity contribution in [3.05, 3.63) is 113 Å². The molecule has 3 aromatic carbocycles. The van der Waals surface area contributed by atoms with Crippen molar-refractivity contribution in [3.8, 4) is 23.0 Å². The first-order chi connectivity index (χ1) is 21.8. The molecule has 9 nitrogen and oxygen atoms in total. The number of fused-ring (bicyclic) bond motifs is 1. The summed E-state index contributed by atoms with van der Waals surface area (Å²) in [5.41, 5.74) is 3.30. The Morgan fingerprint density at radius 2 is 1.71 bits per heavy atom. The monoisotopic (exact) mass is 648 g/mol. The van der Waals surface area contributed by atoms with E-state index >= 15 is 0 Å². The van der Waals surface area contributed by atoms with Crippen LogP contribution in [0.1, 0.15) is 42.1 Å². The highest BCUT2D eigenvalue weighted by atomic mass is 35.5. The third kappa shape index (κ3) is 6.77. The molecule has 1 aromatic heterocycles. The van der Waals surface area contributed by atoms with Gasteiger partial charge in [0.2, 0.25) is 0 Å². The zero-order chi connectivity index (χ0) is 32.1. The van der Waals surface area contributed by atoms with Gasteiger partial charge in [-0.05, 0) is 67.8 Å². The number of aryl methyl sites for hydroxylation is 1. The van der Waals surface area contributed by atoms with Crippen LogP contribution in [0.15, 0.2) is 76.2 Å². The Bertz CT molecular complexity index is 1930. The predicted octanol–water partition coefficient (Wildman–Crippen LogP) is 5.36. The van der Waals surface area contributed by atoms with E-state index in [1.807, 2.05) is 45.0 Å². The number of rotatable bonds is 11. The van der Waals surface area contributed by atoms with E-state index in [1.54, 1.807) is 36.4 Å². The van der Waals surface area contributed by atoms with Gasteiger partial charge in [-0.3, -0.25) is 9.36 Å². The summed E-state index contributed by atoms with van der Waals surface area (Å²) in [6.07, 6.45) is 3.16. The number of nitrogens with zero attached hydrogens (tertiary/aromatic N) is 2. The second kappa shape index (κ2) is 14.0. The summed E-state index contributed by atoms with van der Waals surface area (Å²) in [4.78, 5) is 31.7. The first-order valence-electron chi connectivity index (χ1n) is 14.3. The molecule has 0 radical (unpaired) electrons. The molecule has 0 bridgehead atoms. The Morgan fingerprint density at radius 1 is 0.978 bits per heavy atom. The van der Waals surface area contributed by atoms with Gasteiger partial charge in [-0.15, -0.1) is 0 Å². The minimum atomic E-state index is -0.804. The standard InChI is InChI=1S/C34H33ClN2O7S/c1-6-42-26-13-12-23(17-27(26)43-7-2)30-24(33(39)41-5)18-36-34-37(30)32(38)29(45-34)16-22-14-25(35)31(28(15-22)40-4)44-19-21-10-8-20(3)9-11-21/h8-18,30H,6-7,19H2,1-5H3/b29-16-/t30-/m0/s1. The van der Waals surface area contributed by atoms with Crippen molar-refractivity contribution in [2.75, 3.05) is 27.4 Å². The van der Waals surface area contributed by atoms with Crippen LogP contribution in [0.25, 0.3) is 6.08 Å². The van der Waals surface area contributed by atoms with Crippen LogP contribution in [-0.2, 0) is 16.1 Å². The highest BCUT2D eigenvalue weighted by Gasteiger charge is 2.31. The number of halogens is 1. The molecular formula is C34H33ClN2O7S. The molecular weight excluding hydrogens is 616 g/mol. The normalized spacial score (nSPS) is 14.2. The smallest absolute Gasteiger partial charge is 0.337 e. The fraction of sp³-hybridized carbons (Fsp3) is 0.265. The van der Waals surface area contributed by atoms with Crippen molar-refractivity contribution >= 4 is 35.0 Å². The van der Waals surface area contributed by atoms with Gasteiger partial charge in [-0.1, -0.05) is 58.8 Å². The molecule has 1 aliphatic rings. The summed E-state index contributed by atoms with van der Waals surface area (Å²) in [7, 11) is 2.82. The lowest BCUT2D eigenvalue weighted by atomic mass is 9.97. The summed E-state index contributed by atoms with van der Waals surface area (Å²) < 4.78 is 30.1. The number of ether oxygens (including phenoxy) is 5. The number of methoxy groups -OCH3 is 2. The topological polar surface area (TPSA) is 97.6 Å². The van der Waals surface area contributed by atoms with E-state index in [0.29, 0.717) is 68.3 Å². The lowest BCUT2D eigenvalue weighted by molar-refractivity contribution is -0.136. The van der Waals surface area contributed by atoms with E-state index in [1.165, 1.54) is 36.3 Å². The maximum atomic E-state index is 14.0. The Balaban J connectivity index is 1.56. The van der Waals surface area contributed by atoms with Gasteiger partial charge >= 0.3 is 5.97 Å². The first-order valence-corrected chi connectivity index (χ1v) is 15.5. The van der Waals surface area contributed by atoms with Gasteiger partial charge < -0.3 is 23.7 Å². The summed E-state index contributed by atoms with van der Waals surface area (Å²) in [5.74, 6) is 1.31. The van der Waals surface area contributed by atoms with Gasteiger partial charge in [-0.2, -0.15) is 0 Å². The summed E-state index contributed by atoms with van der Waals surface area (Å²) >= 11 is 7.85. The van der Waals surface area contributed by atoms with Gasteiger partial charge in [0.1, 0.15) is 6.61 Å². The molecule has 0 spiro atoms. The predicted molar refractivity (Wildman–Crippen MR) is 173 cm³/mol. The van der Waals surface area contributed by atoms with Gasteiger partial charge in [-0.25, -0.2) is 9.79 Å². The molecule has 45 heavy (non-hydrogen) atoms. The van der Waals surface area contributed by atoms with Crippen LogP contribution in [0.3, 0.4) is 0 Å². The number of esters is 1. The number of hydrogen-bond acceptors (Lipinski definition) is 9. The van der Waals surface area contributed by atoms with E-state index in [0.717, 1.165) is 11.1 Å². The van der Waals surface area contributed by atoms with Crippen LogP contribution >= 0.6 is 22.9 Å². The molecule has 2 heterocycles. The minimum absolute atomic E-state index is 0.211. The maximum Gasteiger partial charge on any atom is 0.337 e. The Kier molecular flexibility index (Phi) is 9.95. The number of carbonyl (C=O) groups excluding carboxylic acids is 1. The van der Waals surface area contributed by atoms with E-state index in [-0.39, 0.29) is 11.1 Å². The van der Waals surface area contributed by atoms with Crippen molar-refractivity contribution in [1.29, 1.82) is 0 Å². The van der Waals surface area contributed by atoms with Crippen LogP contribution in [-0.4, -0.2) is 38.0 Å². The fourth-order valence-corrected chi connectivity index (χ4v) is 6.18. The largest absolute Gasteiger partial charge is 0.493 e. The lowest BCUT2D eigenvalue weighted by Gasteiger charge is -2.23. The van der Waals surface area contributed by atoms with Crippen LogP contribution in [0.2, 0.25) is 5.02 Å². The quantitative estimate of drug-likeness (QED) is 0.202. The molecule has 0 amide bonds. The first kappa shape index (κ1) is 31.9. The second-order valence-electron chi connectivity index (χ2n) is 10.1. The third-order valence-electron chi connectivity index (χ3n) is 7.06. The van der Waals surface area contributed by atoms with Crippen LogP contribution < -0.4 is 33.8 Å². The molecule has 0 N–H and O–H groups in total. The summed E-state index contributed by atoms with van der Waals surface area (Å²) in [6.45, 7) is 6.96. The van der Waals surface area contributed by atoms with Crippen LogP contribution in [0.4, 0.5) is 0 Å². The third-order valence-corrected chi connectivity index (χ3v) is 8.34. The van der Waals surface area contributed by atoms with Crippen molar-refractivity contribution < 1.29 is 28.5 Å². The summed E-state index contributed by atoms with van der Waals surface area (Å²) in [5, 5.41) is 0.337. The molecule has 0 fully saturated rings. The summed E-state index contributed by atoms with van der Waals surface area (Å²) in [6, 6.07) is 16.0. The van der Waals surface area contributed by atoms with Gasteiger partial charge in [0.25, 0.3) is 5.56 Å². The van der Waals surface area contributed by atoms with E-state index in [4.69, 9.17) is 35.3 Å². The van der Waals surface area contributed by atoms with Crippen LogP contribution in [0, 0.1) is 6.92 Å². The minimum Gasteiger partial charge on any atom is -0.493 e. The molecule has 5 rings (SSSR count). The number of aromatic nitrogens is 1. The Hall–Kier alpha value is -4.54. The van der Waals surface area contributed by atoms with Crippen LogP contribution in [0.5, 0.6) is 23.0 Å². The zero-order valence-electron chi connectivity index (χ0n) is 25.6. The lowest BCUT2D eigenvalue weighted by Crippen LogP contribution is -2.39. The molecule has 11 heteroatoms. The van der Waals surface area contributed by atoms with Crippen molar-refractivity contribution in [3.63, 3.8) is 0 Å². The number of thiazole rings is 1. The average Bonchev–Trinajstić information content (AvgIpc) is 3.35. The van der Waals surface area contributed by atoms with Crippen molar-refractivity contribution in [2.24, 2.45) is 4.99 Å². The Labute approximate surface area is 269 Å². The average molecular weight is 649 g/mol. The number of carbonyl (C=O) groups is 1. The molecule has 0 saturated carbocycles. The fourth-order valence-electron chi connectivity index (χ4n) is 4.94. The van der Waals surface area contributed by atoms with E-state index < -0.39 is 12.0 Å². The maximum absolute atomic E-state index is 14.0. The van der Waals surface area contributed by atoms with E-state index in [9.17, 15) is 9.59 Å². The van der Waals surface area contributed by atoms with Crippen molar-refractivity contribution in [1.82, 2.24) is 4.57 Å².